The van der Waals surface area contributed by atoms with Gasteiger partial charge >= 0.3 is 0 Å². The van der Waals surface area contributed by atoms with Gasteiger partial charge in [0.2, 0.25) is 0 Å². The first kappa shape index (κ1) is 11.5. The van der Waals surface area contributed by atoms with Crippen molar-refractivity contribution in [2.75, 3.05) is 0 Å². The minimum Gasteiger partial charge on any atom is -0.391 e. The Balaban J connectivity index is 1.78. The summed E-state index contributed by atoms with van der Waals surface area (Å²) >= 11 is 0. The van der Waals surface area contributed by atoms with Gasteiger partial charge in [0.05, 0.1) is 5.71 Å². The number of rotatable bonds is 1. The molecule has 1 aromatic rings. The lowest BCUT2D eigenvalue weighted by molar-refractivity contribution is 0.0275. The van der Waals surface area contributed by atoms with Crippen LogP contribution in [0.3, 0.4) is 0 Å². The molecule has 2 nitrogen and oxygen atoms in total. The number of hydrogen-bond donors (Lipinski definition) is 0. The summed E-state index contributed by atoms with van der Waals surface area (Å²) < 4.78 is 0. The molecule has 4 atom stereocenters. The molecule has 2 bridgehead atoms. The van der Waals surface area contributed by atoms with E-state index in [1.165, 1.54) is 47.2 Å². The van der Waals surface area contributed by atoms with Crippen LogP contribution in [0.15, 0.2) is 17.3 Å². The van der Waals surface area contributed by atoms with Gasteiger partial charge in [-0.25, -0.2) is 0 Å². The van der Waals surface area contributed by atoms with Gasteiger partial charge in [-0.05, 0) is 63.0 Å². The first-order valence-electron chi connectivity index (χ1n) is 7.47. The Labute approximate surface area is 114 Å². The summed E-state index contributed by atoms with van der Waals surface area (Å²) in [5.74, 6) is 2.15. The molecule has 2 heteroatoms. The lowest BCUT2D eigenvalue weighted by Crippen LogP contribution is -2.30. The average molecular weight is 255 g/mol. The van der Waals surface area contributed by atoms with Crippen LogP contribution in [-0.2, 0) is 4.84 Å². The summed E-state index contributed by atoms with van der Waals surface area (Å²) in [6.45, 7) is 6.58. The van der Waals surface area contributed by atoms with E-state index in [1.807, 2.05) is 0 Å². The van der Waals surface area contributed by atoms with E-state index in [9.17, 15) is 0 Å². The quantitative estimate of drug-likeness (QED) is 0.748. The van der Waals surface area contributed by atoms with E-state index in [-0.39, 0.29) is 0 Å². The third-order valence-electron chi connectivity index (χ3n) is 5.36. The molecule has 0 N–H and O–H groups in total. The van der Waals surface area contributed by atoms with Gasteiger partial charge in [0.1, 0.15) is 6.10 Å². The van der Waals surface area contributed by atoms with Crippen molar-refractivity contribution in [2.45, 2.75) is 46.1 Å². The Morgan fingerprint density at radius 3 is 2.47 bits per heavy atom. The van der Waals surface area contributed by atoms with Gasteiger partial charge in [0.15, 0.2) is 0 Å². The zero-order valence-corrected chi connectivity index (χ0v) is 11.9. The second kappa shape index (κ2) is 3.84. The molecule has 1 aromatic carbocycles. The SMILES string of the molecule is Cc1cc(C)c(C2=NO[C@H]3[C@@H]4CC[C@@H](C4)[C@@H]23)c(C)c1. The van der Waals surface area contributed by atoms with Crippen molar-refractivity contribution >= 4 is 5.71 Å². The minimum atomic E-state index is 0.383. The molecule has 2 aliphatic carbocycles. The second-order valence-electron chi connectivity index (χ2n) is 6.68. The maximum absolute atomic E-state index is 5.81. The van der Waals surface area contributed by atoms with Crippen LogP contribution in [0.25, 0.3) is 0 Å². The number of hydrogen-bond acceptors (Lipinski definition) is 2. The van der Waals surface area contributed by atoms with Crippen molar-refractivity contribution in [1.82, 2.24) is 0 Å². The van der Waals surface area contributed by atoms with Crippen LogP contribution in [0.1, 0.15) is 41.5 Å². The third kappa shape index (κ3) is 1.52. The fourth-order valence-electron chi connectivity index (χ4n) is 4.74. The lowest BCUT2D eigenvalue weighted by atomic mass is 9.79. The van der Waals surface area contributed by atoms with E-state index in [0.29, 0.717) is 12.0 Å². The average Bonchev–Trinajstić information content (AvgIpc) is 2.98. The van der Waals surface area contributed by atoms with Crippen LogP contribution < -0.4 is 0 Å². The summed E-state index contributed by atoms with van der Waals surface area (Å²) in [6.07, 6.45) is 4.46. The molecule has 0 unspecified atom stereocenters. The molecule has 0 saturated heterocycles. The van der Waals surface area contributed by atoms with E-state index in [4.69, 9.17) is 4.84 Å². The molecule has 19 heavy (non-hydrogen) atoms. The summed E-state index contributed by atoms with van der Waals surface area (Å²) in [5.41, 5.74) is 6.63. The fourth-order valence-corrected chi connectivity index (χ4v) is 4.74. The first-order valence-corrected chi connectivity index (χ1v) is 7.47. The summed E-state index contributed by atoms with van der Waals surface area (Å²) in [6, 6.07) is 4.54. The predicted octanol–water partition coefficient (Wildman–Crippen LogP) is 3.76. The van der Waals surface area contributed by atoms with Crippen molar-refractivity contribution in [1.29, 1.82) is 0 Å². The molecule has 1 heterocycles. The highest BCUT2D eigenvalue weighted by Gasteiger charge is 2.54. The summed E-state index contributed by atoms with van der Waals surface area (Å²) in [4.78, 5) is 5.81. The van der Waals surface area contributed by atoms with Crippen molar-refractivity contribution < 1.29 is 4.84 Å². The highest BCUT2D eigenvalue weighted by molar-refractivity contribution is 6.05. The van der Waals surface area contributed by atoms with Gasteiger partial charge in [0.25, 0.3) is 0 Å². The Morgan fingerprint density at radius 1 is 1.05 bits per heavy atom. The van der Waals surface area contributed by atoms with Crippen LogP contribution in [0, 0.1) is 38.5 Å². The number of oxime groups is 1. The Bertz CT molecular complexity index is 552. The van der Waals surface area contributed by atoms with Crippen molar-refractivity contribution in [3.8, 4) is 0 Å². The maximum Gasteiger partial charge on any atom is 0.139 e. The summed E-state index contributed by atoms with van der Waals surface area (Å²) in [7, 11) is 0. The highest BCUT2D eigenvalue weighted by Crippen LogP contribution is 2.53. The van der Waals surface area contributed by atoms with Gasteiger partial charge in [-0.1, -0.05) is 22.9 Å². The van der Waals surface area contributed by atoms with Gasteiger partial charge in [0, 0.05) is 11.5 Å². The van der Waals surface area contributed by atoms with E-state index >= 15 is 0 Å². The van der Waals surface area contributed by atoms with Crippen molar-refractivity contribution in [2.24, 2.45) is 22.9 Å². The number of nitrogens with zero attached hydrogens (tertiary/aromatic N) is 1. The van der Waals surface area contributed by atoms with Crippen LogP contribution in [-0.4, -0.2) is 11.8 Å². The molecule has 0 radical (unpaired) electrons. The highest BCUT2D eigenvalue weighted by atomic mass is 16.6. The second-order valence-corrected chi connectivity index (χ2v) is 6.68. The Hall–Kier alpha value is -1.31. The molecule has 100 valence electrons. The van der Waals surface area contributed by atoms with Crippen molar-refractivity contribution in [3.63, 3.8) is 0 Å². The van der Waals surface area contributed by atoms with Gasteiger partial charge in [-0.2, -0.15) is 0 Å². The van der Waals surface area contributed by atoms with E-state index in [0.717, 1.165) is 11.8 Å². The molecular weight excluding hydrogens is 234 g/mol. The Morgan fingerprint density at radius 2 is 1.74 bits per heavy atom. The zero-order chi connectivity index (χ0) is 13.1. The van der Waals surface area contributed by atoms with Crippen LogP contribution in [0.4, 0.5) is 0 Å². The largest absolute Gasteiger partial charge is 0.391 e. The van der Waals surface area contributed by atoms with Crippen LogP contribution in [0.5, 0.6) is 0 Å². The molecule has 2 saturated carbocycles. The molecule has 0 amide bonds. The van der Waals surface area contributed by atoms with Gasteiger partial charge < -0.3 is 4.84 Å². The smallest absolute Gasteiger partial charge is 0.139 e. The molecule has 1 aliphatic heterocycles. The molecule has 2 fully saturated rings. The van der Waals surface area contributed by atoms with E-state index in [1.54, 1.807) is 0 Å². The summed E-state index contributed by atoms with van der Waals surface area (Å²) in [5, 5.41) is 4.50. The predicted molar refractivity (Wildman–Crippen MR) is 76.4 cm³/mol. The number of aryl methyl sites for hydroxylation is 3. The fraction of sp³-hybridized carbons (Fsp3) is 0.588. The van der Waals surface area contributed by atoms with E-state index < -0.39 is 0 Å². The molecule has 0 aromatic heterocycles. The molecule has 3 aliphatic rings. The maximum atomic E-state index is 5.81. The molecular formula is C17H21NO. The number of benzene rings is 1. The zero-order valence-electron chi connectivity index (χ0n) is 11.9. The third-order valence-corrected chi connectivity index (χ3v) is 5.36. The molecule has 0 spiro atoms. The minimum absolute atomic E-state index is 0.383. The molecule has 4 rings (SSSR count). The van der Waals surface area contributed by atoms with Crippen molar-refractivity contribution in [3.05, 3.63) is 34.4 Å². The Kier molecular flexibility index (Phi) is 2.33. The van der Waals surface area contributed by atoms with E-state index in [2.05, 4.69) is 38.1 Å². The monoisotopic (exact) mass is 255 g/mol. The topological polar surface area (TPSA) is 21.6 Å². The van der Waals surface area contributed by atoms with Crippen LogP contribution >= 0.6 is 0 Å². The van der Waals surface area contributed by atoms with Gasteiger partial charge in [-0.3, -0.25) is 0 Å². The first-order chi connectivity index (χ1) is 9.15. The number of fused-ring (bicyclic) bond motifs is 5. The lowest BCUT2D eigenvalue weighted by Gasteiger charge is -2.24. The van der Waals surface area contributed by atoms with Gasteiger partial charge in [-0.15, -0.1) is 0 Å². The standard InChI is InChI=1S/C17H21NO/c1-9-6-10(2)14(11(3)7-9)16-15-12-4-5-13(8-12)17(15)19-18-16/h6-7,12-13,15,17H,4-5,8H2,1-3H3/t12-,13+,15-,17-/m0/s1. The normalized spacial score (nSPS) is 35.2. The van der Waals surface area contributed by atoms with Crippen LogP contribution in [0.2, 0.25) is 0 Å².